The maximum atomic E-state index is 14.5. The first kappa shape index (κ1) is 35.7. The predicted molar refractivity (Wildman–Crippen MR) is 186 cm³/mol. The van der Waals surface area contributed by atoms with Gasteiger partial charge in [-0.25, -0.2) is 18.4 Å². The number of benzene rings is 1. The van der Waals surface area contributed by atoms with Crippen molar-refractivity contribution in [1.29, 1.82) is 0 Å². The molecule has 7 rings (SSSR count). The van der Waals surface area contributed by atoms with E-state index in [2.05, 4.69) is 15.0 Å². The Labute approximate surface area is 304 Å². The Bertz CT molecular complexity index is 2010. The molecular formula is C34H37ClN8O8S. The summed E-state index contributed by atoms with van der Waals surface area (Å²) in [5.74, 6) is -0.801. The summed E-state index contributed by atoms with van der Waals surface area (Å²) >= 11 is 6.18. The molecule has 2 atom stereocenters. The van der Waals surface area contributed by atoms with E-state index in [4.69, 9.17) is 21.1 Å². The van der Waals surface area contributed by atoms with Gasteiger partial charge in [-0.15, -0.1) is 0 Å². The zero-order chi connectivity index (χ0) is 36.4. The number of aromatic amines is 1. The predicted octanol–water partition coefficient (Wildman–Crippen LogP) is 1.29. The van der Waals surface area contributed by atoms with Crippen molar-refractivity contribution in [3.63, 3.8) is 0 Å². The number of nitrogens with one attached hydrogen (secondary N) is 1. The molecule has 0 spiro atoms. The lowest BCUT2D eigenvalue weighted by molar-refractivity contribution is -0.605. The van der Waals surface area contributed by atoms with E-state index in [1.807, 2.05) is 0 Å². The molecule has 1 aromatic carbocycles. The van der Waals surface area contributed by atoms with Gasteiger partial charge in [0.15, 0.2) is 18.2 Å². The van der Waals surface area contributed by atoms with Crippen LogP contribution in [0.5, 0.6) is 0 Å². The highest BCUT2D eigenvalue weighted by atomic mass is 35.5. The first-order valence-corrected chi connectivity index (χ1v) is 18.7. The summed E-state index contributed by atoms with van der Waals surface area (Å²) in [5, 5.41) is 12.5. The molecule has 3 amide bonds. The number of piperazine rings is 1. The van der Waals surface area contributed by atoms with Crippen LogP contribution in [0.3, 0.4) is 0 Å². The largest absolute Gasteiger partial charge is 0.619 e. The number of pyridine rings is 1. The Morgan fingerprint density at radius 1 is 0.865 bits per heavy atom. The van der Waals surface area contributed by atoms with Crippen molar-refractivity contribution in [3.05, 3.63) is 77.0 Å². The zero-order valence-electron chi connectivity index (χ0n) is 28.1. The van der Waals surface area contributed by atoms with Crippen molar-refractivity contribution in [3.8, 4) is 11.4 Å². The lowest BCUT2D eigenvalue weighted by Gasteiger charge is -2.46. The SMILES string of the molecule is O=C(CC1CN(S(=O)(=O)c2cc3cc(Cl)ccc3[nH]2)CC(CC(=O)N2CCOCC2)N1C(=O)c1cnc(-c2cc[n+]([O-])cc2)nc1)N1CCOCC1. The molecule has 274 valence electrons. The minimum Gasteiger partial charge on any atom is -0.619 e. The van der Waals surface area contributed by atoms with Crippen LogP contribution in [-0.4, -0.2) is 138 Å². The molecule has 52 heavy (non-hydrogen) atoms. The molecule has 18 heteroatoms. The Morgan fingerprint density at radius 3 is 1.98 bits per heavy atom. The smallest absolute Gasteiger partial charge is 0.258 e. The number of carbonyl (C=O) groups is 3. The van der Waals surface area contributed by atoms with Crippen molar-refractivity contribution in [1.82, 2.24) is 34.0 Å². The fourth-order valence-corrected chi connectivity index (χ4v) is 8.52. The van der Waals surface area contributed by atoms with Gasteiger partial charge in [-0.1, -0.05) is 11.6 Å². The molecular weight excluding hydrogens is 716 g/mol. The fourth-order valence-electron chi connectivity index (χ4n) is 6.81. The molecule has 0 aliphatic carbocycles. The number of sulfonamides is 1. The number of halogens is 1. The van der Waals surface area contributed by atoms with Gasteiger partial charge in [-0.2, -0.15) is 9.04 Å². The van der Waals surface area contributed by atoms with Gasteiger partial charge in [0, 0.05) is 98.1 Å². The van der Waals surface area contributed by atoms with E-state index in [0.717, 1.165) is 0 Å². The van der Waals surface area contributed by atoms with Gasteiger partial charge >= 0.3 is 0 Å². The highest BCUT2D eigenvalue weighted by molar-refractivity contribution is 7.89. The number of nitrogens with zero attached hydrogens (tertiary/aromatic N) is 7. The van der Waals surface area contributed by atoms with Crippen LogP contribution in [-0.2, 0) is 29.1 Å². The third kappa shape index (κ3) is 7.59. The number of H-pyrrole nitrogens is 1. The first-order chi connectivity index (χ1) is 25.1. The van der Waals surface area contributed by atoms with Crippen molar-refractivity contribution in [2.75, 3.05) is 65.7 Å². The number of hydrogen-bond acceptors (Lipinski definition) is 10. The minimum absolute atomic E-state index is 0.0755. The standard InChI is InChI=1S/C34H37ClN8O8S/c35-26-1-2-29-24(15-26)16-30(38-29)52(48,49)42-21-27(17-31(44)39-7-11-50-12-8-39)43(28(22-42)18-32(45)40-9-13-51-14-10-40)34(46)25-19-36-33(37-20-25)23-3-5-41(47)6-4-23/h1-6,15-16,19-20,27-28,38H,7-14,17-18,21-22H2. The Balaban J connectivity index is 1.25. The highest BCUT2D eigenvalue weighted by Crippen LogP contribution is 2.31. The number of fused-ring (bicyclic) bond motifs is 1. The molecule has 0 bridgehead atoms. The normalized spacial score (nSPS) is 20.3. The van der Waals surface area contributed by atoms with Crippen LogP contribution >= 0.6 is 11.6 Å². The number of morpholine rings is 2. The van der Waals surface area contributed by atoms with Crippen LogP contribution in [0.4, 0.5) is 0 Å². The average molecular weight is 753 g/mol. The van der Waals surface area contributed by atoms with Crippen LogP contribution in [0.15, 0.2) is 66.2 Å². The molecule has 2 unspecified atom stereocenters. The Hall–Kier alpha value is -4.68. The van der Waals surface area contributed by atoms with Gasteiger partial charge < -0.3 is 34.4 Å². The molecule has 1 N–H and O–H groups in total. The van der Waals surface area contributed by atoms with Crippen molar-refractivity contribution < 1.29 is 37.0 Å². The molecule has 16 nitrogen and oxygen atoms in total. The van der Waals surface area contributed by atoms with E-state index in [-0.39, 0.29) is 54.2 Å². The summed E-state index contributed by atoms with van der Waals surface area (Å²) in [7, 11) is -4.22. The van der Waals surface area contributed by atoms with E-state index < -0.39 is 28.0 Å². The maximum Gasteiger partial charge on any atom is 0.258 e. The highest BCUT2D eigenvalue weighted by Gasteiger charge is 2.45. The molecule has 0 radical (unpaired) electrons. The summed E-state index contributed by atoms with van der Waals surface area (Å²) in [6.07, 6.45) is 4.93. The van der Waals surface area contributed by atoms with Gasteiger partial charge in [0.25, 0.3) is 15.9 Å². The molecule has 3 saturated heterocycles. The molecule has 3 fully saturated rings. The van der Waals surface area contributed by atoms with Gasteiger partial charge in [0.05, 0.1) is 44.1 Å². The second-order valence-corrected chi connectivity index (χ2v) is 15.2. The van der Waals surface area contributed by atoms with Crippen LogP contribution < -0.4 is 4.73 Å². The fraction of sp³-hybridized carbons (Fsp3) is 0.412. The van der Waals surface area contributed by atoms with E-state index >= 15 is 0 Å². The van der Waals surface area contributed by atoms with Crippen LogP contribution in [0.25, 0.3) is 22.3 Å². The maximum absolute atomic E-state index is 14.5. The van der Waals surface area contributed by atoms with E-state index in [1.54, 1.807) is 40.1 Å². The molecule has 3 aromatic heterocycles. The third-order valence-electron chi connectivity index (χ3n) is 9.53. The lowest BCUT2D eigenvalue weighted by atomic mass is 9.99. The quantitative estimate of drug-likeness (QED) is 0.203. The topological polar surface area (TPSA) is 185 Å². The number of amides is 3. The Morgan fingerprint density at radius 2 is 1.42 bits per heavy atom. The van der Waals surface area contributed by atoms with E-state index in [0.29, 0.717) is 78.8 Å². The van der Waals surface area contributed by atoms with Gasteiger partial charge in [0.1, 0.15) is 5.03 Å². The molecule has 3 aliphatic rings. The van der Waals surface area contributed by atoms with Crippen molar-refractivity contribution in [2.24, 2.45) is 0 Å². The van der Waals surface area contributed by atoms with Crippen LogP contribution in [0.1, 0.15) is 23.2 Å². The summed E-state index contributed by atoms with van der Waals surface area (Å²) in [5.41, 5.74) is 1.23. The van der Waals surface area contributed by atoms with Gasteiger partial charge in [0.2, 0.25) is 11.8 Å². The number of rotatable bonds is 8. The minimum atomic E-state index is -4.22. The van der Waals surface area contributed by atoms with Gasteiger partial charge in [-0.3, -0.25) is 14.4 Å². The monoisotopic (exact) mass is 752 g/mol. The second-order valence-electron chi connectivity index (χ2n) is 12.8. The first-order valence-electron chi connectivity index (χ1n) is 16.9. The third-order valence-corrected chi connectivity index (χ3v) is 11.5. The lowest BCUT2D eigenvalue weighted by Crippen LogP contribution is -2.63. The van der Waals surface area contributed by atoms with Gasteiger partial charge in [-0.05, 0) is 24.3 Å². The van der Waals surface area contributed by atoms with E-state index in [1.165, 1.54) is 40.1 Å². The summed E-state index contributed by atoms with van der Waals surface area (Å²) in [6.45, 7) is 2.47. The van der Waals surface area contributed by atoms with E-state index in [9.17, 15) is 28.0 Å². The van der Waals surface area contributed by atoms with Crippen molar-refractivity contribution in [2.45, 2.75) is 30.0 Å². The molecule has 0 saturated carbocycles. The molecule has 3 aliphatic heterocycles. The number of hydrogen-bond donors (Lipinski definition) is 1. The Kier molecular flexibility index (Phi) is 10.4. The van der Waals surface area contributed by atoms with Crippen LogP contribution in [0, 0.1) is 5.21 Å². The number of ether oxygens (including phenoxy) is 2. The van der Waals surface area contributed by atoms with Crippen molar-refractivity contribution >= 4 is 50.2 Å². The average Bonchev–Trinajstić information content (AvgIpc) is 3.60. The second kappa shape index (κ2) is 15.1. The van der Waals surface area contributed by atoms with Crippen LogP contribution in [0.2, 0.25) is 5.02 Å². The number of aromatic nitrogens is 4. The molecule has 6 heterocycles. The summed E-state index contributed by atoms with van der Waals surface area (Å²) < 4.78 is 41.4. The summed E-state index contributed by atoms with van der Waals surface area (Å²) in [4.78, 5) is 58.5. The summed E-state index contributed by atoms with van der Waals surface area (Å²) in [6, 6.07) is 7.69. The molecule has 4 aromatic rings. The number of carbonyl (C=O) groups excluding carboxylic acids is 3. The zero-order valence-corrected chi connectivity index (χ0v) is 29.7.